The third kappa shape index (κ3) is 5.38. The third-order valence-electron chi connectivity index (χ3n) is 7.85. The molecule has 2 amide bonds. The summed E-state index contributed by atoms with van der Waals surface area (Å²) >= 11 is 0. The molecule has 0 unspecified atom stereocenters. The topological polar surface area (TPSA) is 96.0 Å². The van der Waals surface area contributed by atoms with Crippen LogP contribution < -0.4 is 10.1 Å². The average molecular weight is 526 g/mol. The Morgan fingerprint density at radius 1 is 1.08 bits per heavy atom. The molecule has 8 nitrogen and oxygen atoms in total. The summed E-state index contributed by atoms with van der Waals surface area (Å²) in [7, 11) is -3.83. The number of nitrogens with one attached hydrogen (secondary N) is 1. The summed E-state index contributed by atoms with van der Waals surface area (Å²) in [5.74, 6) is 0.391. The summed E-state index contributed by atoms with van der Waals surface area (Å²) in [4.78, 5) is 27.4. The van der Waals surface area contributed by atoms with Gasteiger partial charge in [0.1, 0.15) is 5.75 Å². The largest absolute Gasteiger partial charge is 0.479 e. The van der Waals surface area contributed by atoms with Crippen LogP contribution in [0.4, 0.5) is 5.69 Å². The van der Waals surface area contributed by atoms with Gasteiger partial charge in [0.05, 0.1) is 16.5 Å². The molecule has 2 saturated heterocycles. The second kappa shape index (κ2) is 10.5. The molecule has 3 aliphatic heterocycles. The van der Waals surface area contributed by atoms with Gasteiger partial charge in [-0.3, -0.25) is 9.59 Å². The highest BCUT2D eigenvalue weighted by atomic mass is 32.2. The van der Waals surface area contributed by atoms with Gasteiger partial charge in [-0.2, -0.15) is 4.31 Å². The summed E-state index contributed by atoms with van der Waals surface area (Å²) < 4.78 is 34.4. The number of hydrogen-bond donors (Lipinski definition) is 1. The van der Waals surface area contributed by atoms with E-state index in [4.69, 9.17) is 4.74 Å². The molecule has 0 aromatic heterocycles. The van der Waals surface area contributed by atoms with Crippen molar-refractivity contribution >= 4 is 27.5 Å². The van der Waals surface area contributed by atoms with Crippen LogP contribution >= 0.6 is 0 Å². The van der Waals surface area contributed by atoms with Crippen molar-refractivity contribution in [2.45, 2.75) is 57.0 Å². The van der Waals surface area contributed by atoms with E-state index in [1.807, 2.05) is 11.0 Å². The maximum absolute atomic E-state index is 13.7. The first-order valence-electron chi connectivity index (χ1n) is 13.2. The number of aryl methyl sites for hydroxylation is 1. The third-order valence-corrected chi connectivity index (χ3v) is 9.86. The van der Waals surface area contributed by atoms with Crippen LogP contribution in [-0.4, -0.2) is 61.7 Å². The number of ether oxygens (including phenoxy) is 1. The van der Waals surface area contributed by atoms with Crippen LogP contribution in [0.15, 0.2) is 47.4 Å². The zero-order valence-corrected chi connectivity index (χ0v) is 22.3. The highest BCUT2D eigenvalue weighted by Gasteiger charge is 2.37. The van der Waals surface area contributed by atoms with Gasteiger partial charge in [-0.05, 0) is 69.1 Å². The molecule has 2 aromatic rings. The highest BCUT2D eigenvalue weighted by Crippen LogP contribution is 2.36. The van der Waals surface area contributed by atoms with E-state index >= 15 is 0 Å². The Balaban J connectivity index is 1.24. The van der Waals surface area contributed by atoms with E-state index < -0.39 is 16.1 Å². The molecule has 5 rings (SSSR count). The molecule has 1 N–H and O–H groups in total. The Kier molecular flexibility index (Phi) is 7.27. The molecule has 2 atom stereocenters. The summed E-state index contributed by atoms with van der Waals surface area (Å²) in [6.07, 6.45) is 3.62. The van der Waals surface area contributed by atoms with Crippen LogP contribution in [0.25, 0.3) is 0 Å². The summed E-state index contributed by atoms with van der Waals surface area (Å²) in [6, 6.07) is 13.6. The predicted octanol–water partition coefficient (Wildman–Crippen LogP) is 3.60. The van der Waals surface area contributed by atoms with Crippen LogP contribution in [0.3, 0.4) is 0 Å². The summed E-state index contributed by atoms with van der Waals surface area (Å²) in [5, 5.41) is 2.76. The summed E-state index contributed by atoms with van der Waals surface area (Å²) in [5.41, 5.74) is 2.34. The predicted molar refractivity (Wildman–Crippen MR) is 141 cm³/mol. The van der Waals surface area contributed by atoms with Crippen molar-refractivity contribution in [3.63, 3.8) is 0 Å². The lowest BCUT2D eigenvalue weighted by atomic mass is 9.89. The zero-order valence-electron chi connectivity index (χ0n) is 21.5. The monoisotopic (exact) mass is 525 g/mol. The van der Waals surface area contributed by atoms with Gasteiger partial charge >= 0.3 is 0 Å². The second-order valence-electron chi connectivity index (χ2n) is 10.5. The molecule has 37 heavy (non-hydrogen) atoms. The average Bonchev–Trinajstić information content (AvgIpc) is 2.90. The van der Waals surface area contributed by atoms with Gasteiger partial charge in [0, 0.05) is 32.2 Å². The number of fused-ring (bicyclic) bond motifs is 1. The van der Waals surface area contributed by atoms with Crippen molar-refractivity contribution in [3.8, 4) is 5.75 Å². The fourth-order valence-electron chi connectivity index (χ4n) is 5.69. The van der Waals surface area contributed by atoms with Crippen molar-refractivity contribution in [1.82, 2.24) is 9.21 Å². The summed E-state index contributed by atoms with van der Waals surface area (Å²) in [6.45, 7) is 5.36. The van der Waals surface area contributed by atoms with E-state index in [2.05, 4.69) is 29.6 Å². The molecular formula is C28H35N3O5S. The number of amides is 2. The van der Waals surface area contributed by atoms with Gasteiger partial charge in [0.25, 0.3) is 5.91 Å². The molecule has 3 heterocycles. The number of carbonyl (C=O) groups is 2. The van der Waals surface area contributed by atoms with E-state index in [1.54, 1.807) is 19.9 Å². The van der Waals surface area contributed by atoms with Crippen LogP contribution in [0.2, 0.25) is 0 Å². The van der Waals surface area contributed by atoms with E-state index in [1.165, 1.54) is 15.9 Å². The first-order valence-corrected chi connectivity index (χ1v) is 14.6. The minimum absolute atomic E-state index is 0.0695. The lowest BCUT2D eigenvalue weighted by molar-refractivity contribution is -0.138. The number of sulfonamides is 1. The molecule has 3 aliphatic rings. The Labute approximate surface area is 219 Å². The van der Waals surface area contributed by atoms with Gasteiger partial charge in [-0.15, -0.1) is 0 Å². The Bertz CT molecular complexity index is 1270. The first kappa shape index (κ1) is 25.7. The lowest BCUT2D eigenvalue weighted by Gasteiger charge is -2.37. The minimum Gasteiger partial charge on any atom is -0.479 e. The van der Waals surface area contributed by atoms with E-state index in [0.29, 0.717) is 42.3 Å². The van der Waals surface area contributed by atoms with Crippen molar-refractivity contribution in [3.05, 3.63) is 53.6 Å². The van der Waals surface area contributed by atoms with Crippen LogP contribution in [0, 0.1) is 18.8 Å². The smallest absolute Gasteiger partial charge is 0.265 e. The molecule has 0 bridgehead atoms. The van der Waals surface area contributed by atoms with E-state index in [-0.39, 0.29) is 29.2 Å². The second-order valence-corrected chi connectivity index (χ2v) is 12.4. The number of benzene rings is 2. The Morgan fingerprint density at radius 3 is 2.54 bits per heavy atom. The fraction of sp³-hybridized carbons (Fsp3) is 0.500. The van der Waals surface area contributed by atoms with Gasteiger partial charge in [-0.25, -0.2) is 8.42 Å². The minimum atomic E-state index is -3.83. The lowest BCUT2D eigenvalue weighted by Crippen LogP contribution is -2.48. The number of carbonyl (C=O) groups excluding carboxylic acids is 2. The maximum Gasteiger partial charge on any atom is 0.265 e. The quantitative estimate of drug-likeness (QED) is 0.644. The number of rotatable bonds is 5. The van der Waals surface area contributed by atoms with Gasteiger partial charge in [0.2, 0.25) is 15.9 Å². The molecule has 0 radical (unpaired) electrons. The molecule has 0 spiro atoms. The molecule has 2 aromatic carbocycles. The van der Waals surface area contributed by atoms with E-state index in [9.17, 15) is 18.0 Å². The van der Waals surface area contributed by atoms with Crippen LogP contribution in [0.1, 0.15) is 43.7 Å². The van der Waals surface area contributed by atoms with Crippen molar-refractivity contribution in [2.75, 3.05) is 31.5 Å². The first-order chi connectivity index (χ1) is 17.7. The van der Waals surface area contributed by atoms with Gasteiger partial charge < -0.3 is 15.0 Å². The molecular weight excluding hydrogens is 490 g/mol. The number of anilines is 1. The van der Waals surface area contributed by atoms with Crippen LogP contribution in [-0.2, 0) is 26.0 Å². The van der Waals surface area contributed by atoms with Crippen LogP contribution in [0.5, 0.6) is 5.75 Å². The normalized spacial score (nSPS) is 23.2. The van der Waals surface area contributed by atoms with Crippen molar-refractivity contribution in [1.29, 1.82) is 0 Å². The maximum atomic E-state index is 13.7. The van der Waals surface area contributed by atoms with Crippen molar-refractivity contribution in [2.24, 2.45) is 11.8 Å². The molecule has 0 saturated carbocycles. The highest BCUT2D eigenvalue weighted by molar-refractivity contribution is 7.89. The SMILES string of the molecule is Cc1cc2c(cc1S(=O)(=O)N1CCC[C@@H](C(=O)N3CCC(Cc4ccccc4)CC3)C1)O[C@@H](C)C(=O)N2. The molecule has 0 aliphatic carbocycles. The van der Waals surface area contributed by atoms with Gasteiger partial charge in [0.15, 0.2) is 6.10 Å². The fourth-order valence-corrected chi connectivity index (χ4v) is 7.43. The molecule has 9 heteroatoms. The Morgan fingerprint density at radius 2 is 1.81 bits per heavy atom. The number of hydrogen-bond acceptors (Lipinski definition) is 5. The molecule has 2 fully saturated rings. The van der Waals surface area contributed by atoms with Gasteiger partial charge in [-0.1, -0.05) is 30.3 Å². The number of piperidine rings is 2. The standard InChI is InChI=1S/C28H35N3O5S/c1-19-15-24-25(36-20(2)27(32)29-24)17-26(19)37(34,35)31-12-6-9-23(18-31)28(33)30-13-10-22(11-14-30)16-21-7-4-3-5-8-21/h3-5,7-8,15,17,20,22-23H,6,9-14,16,18H2,1-2H3,(H,29,32)/t20-,23+/m0/s1. The van der Waals surface area contributed by atoms with E-state index in [0.717, 1.165) is 32.4 Å². The molecule has 198 valence electrons. The zero-order chi connectivity index (χ0) is 26.2. The number of likely N-dealkylation sites (tertiary alicyclic amines) is 1. The Hall–Kier alpha value is -2.91. The number of nitrogens with zero attached hydrogens (tertiary/aromatic N) is 2. The van der Waals surface area contributed by atoms with Crippen molar-refractivity contribution < 1.29 is 22.7 Å².